The Hall–Kier alpha value is -4.88. The third kappa shape index (κ3) is 4.87. The molecule has 0 aliphatic rings. The van der Waals surface area contributed by atoms with E-state index in [-0.39, 0.29) is 0 Å². The van der Waals surface area contributed by atoms with Crippen LogP contribution in [0.25, 0.3) is 44.5 Å². The zero-order valence-corrected chi connectivity index (χ0v) is 21.5. The molecule has 0 aliphatic carbocycles. The van der Waals surface area contributed by atoms with Crippen LogP contribution < -0.4 is 4.90 Å². The number of rotatable bonds is 6. The van der Waals surface area contributed by atoms with E-state index in [1.165, 1.54) is 50.2 Å². The Bertz CT molecular complexity index is 1600. The van der Waals surface area contributed by atoms with Gasteiger partial charge < -0.3 is 4.90 Å². The zero-order valence-electron chi connectivity index (χ0n) is 21.5. The average molecular weight is 488 g/mol. The van der Waals surface area contributed by atoms with Crippen LogP contribution in [0.4, 0.5) is 11.4 Å². The smallest absolute Gasteiger partial charge is 0.0487 e. The van der Waals surface area contributed by atoms with E-state index in [1.54, 1.807) is 0 Å². The molecule has 0 fully saturated rings. The molecule has 0 saturated carbocycles. The third-order valence-corrected chi connectivity index (χ3v) is 7.07. The zero-order chi connectivity index (χ0) is 25.7. The number of benzene rings is 6. The summed E-state index contributed by atoms with van der Waals surface area (Å²) in [6.45, 7) is 0. The number of hydrogen-bond donors (Lipinski definition) is 0. The van der Waals surface area contributed by atoms with Crippen molar-refractivity contribution in [3.63, 3.8) is 0 Å². The molecule has 6 aromatic rings. The van der Waals surface area contributed by atoms with E-state index in [2.05, 4.69) is 170 Å². The lowest BCUT2D eigenvalue weighted by molar-refractivity contribution is 1.21. The van der Waals surface area contributed by atoms with Crippen molar-refractivity contribution in [1.29, 1.82) is 0 Å². The lowest BCUT2D eigenvalue weighted by Crippen LogP contribution is -2.11. The molecule has 6 aromatic carbocycles. The van der Waals surface area contributed by atoms with Crippen molar-refractivity contribution in [3.05, 3.63) is 158 Å². The normalized spacial score (nSPS) is 10.8. The monoisotopic (exact) mass is 487 g/mol. The van der Waals surface area contributed by atoms with Gasteiger partial charge in [-0.25, -0.2) is 0 Å². The highest BCUT2D eigenvalue weighted by Crippen LogP contribution is 2.39. The second-order valence-electron chi connectivity index (χ2n) is 9.52. The molecule has 0 spiro atoms. The van der Waals surface area contributed by atoms with Crippen molar-refractivity contribution in [2.24, 2.45) is 0 Å². The van der Waals surface area contributed by atoms with E-state index in [1.807, 2.05) is 0 Å². The molecule has 1 nitrogen and oxygen atoms in total. The molecule has 0 amide bonds. The van der Waals surface area contributed by atoms with Gasteiger partial charge in [0, 0.05) is 24.0 Å². The van der Waals surface area contributed by atoms with Crippen LogP contribution in [0.5, 0.6) is 0 Å². The average Bonchev–Trinajstić information content (AvgIpc) is 3.02. The summed E-state index contributed by atoms with van der Waals surface area (Å²) < 4.78 is 0. The number of anilines is 2. The lowest BCUT2D eigenvalue weighted by Gasteiger charge is -2.25. The van der Waals surface area contributed by atoms with Crippen molar-refractivity contribution in [2.75, 3.05) is 11.9 Å². The van der Waals surface area contributed by atoms with Gasteiger partial charge in [-0.2, -0.15) is 0 Å². The Morgan fingerprint density at radius 1 is 0.342 bits per heavy atom. The molecule has 0 bridgehead atoms. The van der Waals surface area contributed by atoms with Gasteiger partial charge in [0.05, 0.1) is 0 Å². The fourth-order valence-electron chi connectivity index (χ4n) is 5.05. The van der Waals surface area contributed by atoms with Gasteiger partial charge in [-0.1, -0.05) is 127 Å². The Labute approximate surface area is 225 Å². The van der Waals surface area contributed by atoms with Crippen LogP contribution in [0.3, 0.4) is 0 Å². The second kappa shape index (κ2) is 10.6. The molecule has 0 atom stereocenters. The van der Waals surface area contributed by atoms with E-state index in [0.717, 1.165) is 5.69 Å². The first kappa shape index (κ1) is 23.5. The highest BCUT2D eigenvalue weighted by atomic mass is 15.1. The van der Waals surface area contributed by atoms with Crippen molar-refractivity contribution in [3.8, 4) is 44.5 Å². The summed E-state index contributed by atoms with van der Waals surface area (Å²) in [5.41, 5.74) is 12.0. The van der Waals surface area contributed by atoms with Crippen LogP contribution in [0.1, 0.15) is 0 Å². The molecule has 0 aromatic heterocycles. The predicted molar refractivity (Wildman–Crippen MR) is 163 cm³/mol. The highest BCUT2D eigenvalue weighted by molar-refractivity contribution is 5.87. The van der Waals surface area contributed by atoms with Crippen LogP contribution in [0.2, 0.25) is 0 Å². The largest absolute Gasteiger partial charge is 0.344 e. The van der Waals surface area contributed by atoms with Gasteiger partial charge in [0.25, 0.3) is 0 Å². The van der Waals surface area contributed by atoms with Crippen molar-refractivity contribution in [2.45, 2.75) is 0 Å². The first-order chi connectivity index (χ1) is 18.8. The fraction of sp³-hybridized carbons (Fsp3) is 0.0270. The standard InChI is InChI=1S/C37H29N/c1-38(35-26-33(29-16-7-3-8-17-29)25-34(27-35)30-18-9-4-10-19-30)37-23-12-11-22-36(37)32-21-13-20-31(24-32)28-14-5-2-6-15-28/h2-27H,1H3. The van der Waals surface area contributed by atoms with Crippen LogP contribution in [0.15, 0.2) is 158 Å². The Kier molecular flexibility index (Phi) is 6.57. The first-order valence-corrected chi connectivity index (χ1v) is 13.0. The molecule has 6 rings (SSSR count). The highest BCUT2D eigenvalue weighted by Gasteiger charge is 2.14. The van der Waals surface area contributed by atoms with Gasteiger partial charge in [-0.05, 0) is 69.3 Å². The molecule has 38 heavy (non-hydrogen) atoms. The summed E-state index contributed by atoms with van der Waals surface area (Å²) in [5.74, 6) is 0. The molecule has 182 valence electrons. The van der Waals surface area contributed by atoms with E-state index >= 15 is 0 Å². The molecule has 0 aliphatic heterocycles. The minimum absolute atomic E-state index is 1.15. The van der Waals surface area contributed by atoms with Crippen LogP contribution >= 0.6 is 0 Å². The topological polar surface area (TPSA) is 3.24 Å². The third-order valence-electron chi connectivity index (χ3n) is 7.07. The molecular formula is C37H29N. The summed E-state index contributed by atoms with van der Waals surface area (Å²) in [6.07, 6.45) is 0. The SMILES string of the molecule is CN(c1cc(-c2ccccc2)cc(-c2ccccc2)c1)c1ccccc1-c1cccc(-c2ccccc2)c1. The number of para-hydroxylation sites is 1. The molecule has 0 saturated heterocycles. The van der Waals surface area contributed by atoms with Crippen molar-refractivity contribution < 1.29 is 0 Å². The minimum atomic E-state index is 1.15. The Balaban J connectivity index is 1.46. The fourth-order valence-corrected chi connectivity index (χ4v) is 5.05. The van der Waals surface area contributed by atoms with E-state index in [9.17, 15) is 0 Å². The van der Waals surface area contributed by atoms with Gasteiger partial charge in [-0.15, -0.1) is 0 Å². The van der Waals surface area contributed by atoms with Gasteiger partial charge >= 0.3 is 0 Å². The molecule has 0 heterocycles. The maximum Gasteiger partial charge on any atom is 0.0487 e. The van der Waals surface area contributed by atoms with Crippen molar-refractivity contribution in [1.82, 2.24) is 0 Å². The molecule has 0 unspecified atom stereocenters. The predicted octanol–water partition coefficient (Wildman–Crippen LogP) is 10.1. The molecule has 0 N–H and O–H groups in total. The van der Waals surface area contributed by atoms with Crippen LogP contribution in [-0.2, 0) is 0 Å². The maximum atomic E-state index is 2.31. The van der Waals surface area contributed by atoms with Crippen molar-refractivity contribution >= 4 is 11.4 Å². The summed E-state index contributed by atoms with van der Waals surface area (Å²) in [5, 5.41) is 0. The maximum absolute atomic E-state index is 2.31. The molecular weight excluding hydrogens is 458 g/mol. The van der Waals surface area contributed by atoms with Gasteiger partial charge in [0.2, 0.25) is 0 Å². The Morgan fingerprint density at radius 2 is 0.763 bits per heavy atom. The van der Waals surface area contributed by atoms with E-state index in [0.29, 0.717) is 0 Å². The van der Waals surface area contributed by atoms with E-state index in [4.69, 9.17) is 0 Å². The van der Waals surface area contributed by atoms with Crippen LogP contribution in [0, 0.1) is 0 Å². The second-order valence-corrected chi connectivity index (χ2v) is 9.52. The minimum Gasteiger partial charge on any atom is -0.344 e. The molecule has 1 heteroatoms. The Morgan fingerprint density at radius 3 is 1.34 bits per heavy atom. The number of hydrogen-bond acceptors (Lipinski definition) is 1. The molecule has 0 radical (unpaired) electrons. The summed E-state index contributed by atoms with van der Waals surface area (Å²) in [6, 6.07) is 56.2. The van der Waals surface area contributed by atoms with Gasteiger partial charge in [-0.3, -0.25) is 0 Å². The van der Waals surface area contributed by atoms with Gasteiger partial charge in [0.1, 0.15) is 0 Å². The first-order valence-electron chi connectivity index (χ1n) is 13.0. The number of nitrogens with zero attached hydrogens (tertiary/aromatic N) is 1. The lowest BCUT2D eigenvalue weighted by atomic mass is 9.96. The van der Waals surface area contributed by atoms with E-state index < -0.39 is 0 Å². The summed E-state index contributed by atoms with van der Waals surface area (Å²) in [4.78, 5) is 2.31. The van der Waals surface area contributed by atoms with Crippen LogP contribution in [-0.4, -0.2) is 7.05 Å². The summed E-state index contributed by atoms with van der Waals surface area (Å²) in [7, 11) is 2.17. The quantitative estimate of drug-likeness (QED) is 0.226. The van der Waals surface area contributed by atoms with Gasteiger partial charge in [0.15, 0.2) is 0 Å². The summed E-state index contributed by atoms with van der Waals surface area (Å²) >= 11 is 0.